The van der Waals surface area contributed by atoms with Gasteiger partial charge in [-0.25, -0.2) is 4.98 Å². The summed E-state index contributed by atoms with van der Waals surface area (Å²) >= 11 is 5.26. The number of nitrogens with one attached hydrogen (secondary N) is 2. The average Bonchev–Trinajstić information content (AvgIpc) is 3.33. The number of rotatable bonds is 7. The molecule has 0 unspecified atom stereocenters. The molecule has 4 rings (SSSR count). The van der Waals surface area contributed by atoms with Gasteiger partial charge < -0.3 is 19.0 Å². The van der Waals surface area contributed by atoms with Crippen molar-refractivity contribution in [3.8, 4) is 5.75 Å². The highest BCUT2D eigenvalue weighted by atomic mass is 32.1. The zero-order chi connectivity index (χ0) is 22.0. The Morgan fingerprint density at radius 3 is 2.84 bits per heavy atom. The molecule has 1 aromatic carbocycles. The van der Waals surface area contributed by atoms with Crippen LogP contribution in [0.5, 0.6) is 5.75 Å². The molecule has 0 fully saturated rings. The van der Waals surface area contributed by atoms with Gasteiger partial charge in [0, 0.05) is 18.4 Å². The van der Waals surface area contributed by atoms with Crippen molar-refractivity contribution in [3.05, 3.63) is 76.2 Å². The van der Waals surface area contributed by atoms with E-state index in [9.17, 15) is 4.79 Å². The molecule has 2 N–H and O–H groups in total. The van der Waals surface area contributed by atoms with Crippen molar-refractivity contribution in [2.75, 3.05) is 0 Å². The van der Waals surface area contributed by atoms with Crippen molar-refractivity contribution in [1.29, 1.82) is 0 Å². The number of fused-ring (bicyclic) bond motifs is 1. The Labute approximate surface area is 184 Å². The molecule has 8 nitrogen and oxygen atoms in total. The second-order valence-electron chi connectivity index (χ2n) is 7.58. The van der Waals surface area contributed by atoms with E-state index >= 15 is 0 Å². The van der Waals surface area contributed by atoms with E-state index in [0.29, 0.717) is 21.9 Å². The molecule has 0 saturated heterocycles. The standard InChI is InChI=1S/C22H24N6O2S/c1-14(2)28-20(25-26-22(28)31)10-23-21(29)17-6-4-5-7-18(17)30-13-16-12-27-11-15(3)8-9-19(27)24-16/h4-9,11-12,14H,10,13H2,1-3H3,(H,23,29)(H,26,31). The summed E-state index contributed by atoms with van der Waals surface area (Å²) in [7, 11) is 0. The van der Waals surface area contributed by atoms with Crippen molar-refractivity contribution in [2.45, 2.75) is 40.0 Å². The van der Waals surface area contributed by atoms with Gasteiger partial charge in [-0.1, -0.05) is 18.2 Å². The quantitative estimate of drug-likeness (QED) is 0.428. The van der Waals surface area contributed by atoms with Crippen LogP contribution in [0.4, 0.5) is 0 Å². The van der Waals surface area contributed by atoms with Gasteiger partial charge in [-0.2, -0.15) is 5.10 Å². The minimum atomic E-state index is -0.245. The highest BCUT2D eigenvalue weighted by molar-refractivity contribution is 7.71. The molecule has 0 bridgehead atoms. The van der Waals surface area contributed by atoms with Gasteiger partial charge in [0.25, 0.3) is 5.91 Å². The molecule has 9 heteroatoms. The predicted octanol–water partition coefficient (Wildman–Crippen LogP) is 3.99. The lowest BCUT2D eigenvalue weighted by atomic mass is 10.2. The fourth-order valence-electron chi connectivity index (χ4n) is 3.41. The first-order chi connectivity index (χ1) is 14.9. The van der Waals surface area contributed by atoms with Crippen LogP contribution in [0.25, 0.3) is 5.65 Å². The number of amides is 1. The van der Waals surface area contributed by atoms with Crippen LogP contribution >= 0.6 is 12.2 Å². The van der Waals surface area contributed by atoms with E-state index < -0.39 is 0 Å². The third-order valence-corrected chi connectivity index (χ3v) is 5.14. The SMILES string of the molecule is Cc1ccc2nc(COc3ccccc3C(=O)NCc3n[nH]c(=S)n3C(C)C)cn2c1. The maximum absolute atomic E-state index is 12.8. The molecule has 4 aromatic rings. The smallest absolute Gasteiger partial charge is 0.255 e. The van der Waals surface area contributed by atoms with Crippen molar-refractivity contribution in [2.24, 2.45) is 0 Å². The molecule has 0 aliphatic rings. The monoisotopic (exact) mass is 436 g/mol. The number of para-hydroxylation sites is 1. The maximum atomic E-state index is 12.8. The second kappa shape index (κ2) is 8.73. The summed E-state index contributed by atoms with van der Waals surface area (Å²) < 4.78 is 10.3. The number of hydrogen-bond acceptors (Lipinski definition) is 5. The summed E-state index contributed by atoms with van der Waals surface area (Å²) in [6, 6.07) is 11.3. The highest BCUT2D eigenvalue weighted by Crippen LogP contribution is 2.20. The van der Waals surface area contributed by atoms with E-state index in [1.807, 2.05) is 60.3 Å². The number of nitrogens with zero attached hydrogens (tertiary/aromatic N) is 4. The van der Waals surface area contributed by atoms with Crippen LogP contribution in [-0.4, -0.2) is 30.1 Å². The van der Waals surface area contributed by atoms with Crippen molar-refractivity contribution >= 4 is 23.8 Å². The summed E-state index contributed by atoms with van der Waals surface area (Å²) in [6.07, 6.45) is 3.94. The third-order valence-electron chi connectivity index (χ3n) is 4.86. The van der Waals surface area contributed by atoms with Crippen LogP contribution in [-0.2, 0) is 13.2 Å². The number of aromatic amines is 1. The lowest BCUT2D eigenvalue weighted by molar-refractivity contribution is 0.0944. The molecule has 0 radical (unpaired) electrons. The molecule has 31 heavy (non-hydrogen) atoms. The van der Waals surface area contributed by atoms with Gasteiger partial charge in [0.1, 0.15) is 18.0 Å². The number of aryl methyl sites for hydroxylation is 1. The number of pyridine rings is 1. The predicted molar refractivity (Wildman–Crippen MR) is 120 cm³/mol. The van der Waals surface area contributed by atoms with E-state index in [1.165, 1.54) is 0 Å². The number of carbonyl (C=O) groups excluding carboxylic acids is 1. The van der Waals surface area contributed by atoms with E-state index in [0.717, 1.165) is 16.9 Å². The van der Waals surface area contributed by atoms with Crippen LogP contribution in [0, 0.1) is 11.7 Å². The Morgan fingerprint density at radius 1 is 1.23 bits per heavy atom. The van der Waals surface area contributed by atoms with Gasteiger partial charge in [-0.05, 0) is 56.8 Å². The largest absolute Gasteiger partial charge is 0.486 e. The van der Waals surface area contributed by atoms with Gasteiger partial charge in [0.05, 0.1) is 17.8 Å². The number of carbonyl (C=O) groups is 1. The van der Waals surface area contributed by atoms with Crippen molar-refractivity contribution in [1.82, 2.24) is 29.5 Å². The second-order valence-corrected chi connectivity index (χ2v) is 7.97. The third kappa shape index (κ3) is 4.51. The summed E-state index contributed by atoms with van der Waals surface area (Å²) in [5, 5.41) is 9.90. The topological polar surface area (TPSA) is 89.2 Å². The Morgan fingerprint density at radius 2 is 2.03 bits per heavy atom. The fraction of sp³-hybridized carbons (Fsp3) is 0.273. The molecule has 0 spiro atoms. The van der Waals surface area contributed by atoms with Crippen LogP contribution in [0.1, 0.15) is 47.3 Å². The highest BCUT2D eigenvalue weighted by Gasteiger charge is 2.15. The molecule has 0 aliphatic heterocycles. The molecule has 160 valence electrons. The number of imidazole rings is 1. The van der Waals surface area contributed by atoms with E-state index in [1.54, 1.807) is 18.2 Å². The molecular weight excluding hydrogens is 412 g/mol. The number of aromatic nitrogens is 5. The first-order valence-corrected chi connectivity index (χ1v) is 10.4. The molecule has 0 atom stereocenters. The summed E-state index contributed by atoms with van der Waals surface area (Å²) in [4.78, 5) is 17.4. The summed E-state index contributed by atoms with van der Waals surface area (Å²) in [5.41, 5.74) is 3.24. The van der Waals surface area contributed by atoms with Crippen LogP contribution < -0.4 is 10.1 Å². The van der Waals surface area contributed by atoms with Crippen molar-refractivity contribution in [3.63, 3.8) is 0 Å². The number of hydrogen-bond donors (Lipinski definition) is 2. The minimum Gasteiger partial charge on any atom is -0.486 e. The zero-order valence-corrected chi connectivity index (χ0v) is 18.4. The zero-order valence-electron chi connectivity index (χ0n) is 17.6. The number of benzene rings is 1. The van der Waals surface area contributed by atoms with Gasteiger partial charge in [-0.15, -0.1) is 0 Å². The Hall–Kier alpha value is -3.46. The molecule has 3 heterocycles. The normalized spacial score (nSPS) is 11.2. The minimum absolute atomic E-state index is 0.142. The van der Waals surface area contributed by atoms with Crippen LogP contribution in [0.15, 0.2) is 48.8 Å². The number of ether oxygens (including phenoxy) is 1. The summed E-state index contributed by atoms with van der Waals surface area (Å²) in [5.74, 6) is 0.924. The van der Waals surface area contributed by atoms with E-state index in [4.69, 9.17) is 17.0 Å². The van der Waals surface area contributed by atoms with Crippen LogP contribution in [0.2, 0.25) is 0 Å². The first-order valence-electron chi connectivity index (χ1n) is 10.0. The van der Waals surface area contributed by atoms with Crippen LogP contribution in [0.3, 0.4) is 0 Å². The molecule has 3 aromatic heterocycles. The van der Waals surface area contributed by atoms with Crippen molar-refractivity contribution < 1.29 is 9.53 Å². The fourth-order valence-corrected chi connectivity index (χ4v) is 3.77. The molecular formula is C22H24N6O2S. The average molecular weight is 437 g/mol. The molecule has 0 saturated carbocycles. The van der Waals surface area contributed by atoms with Gasteiger partial charge in [0.15, 0.2) is 10.6 Å². The van der Waals surface area contributed by atoms with Gasteiger partial charge in [-0.3, -0.25) is 9.89 Å². The maximum Gasteiger partial charge on any atom is 0.255 e. The molecule has 1 amide bonds. The first kappa shape index (κ1) is 20.8. The van der Waals surface area contributed by atoms with Gasteiger partial charge >= 0.3 is 0 Å². The lowest BCUT2D eigenvalue weighted by Gasteiger charge is -2.13. The summed E-state index contributed by atoms with van der Waals surface area (Å²) in [6.45, 7) is 6.58. The molecule has 0 aliphatic carbocycles. The number of H-pyrrole nitrogens is 1. The lowest BCUT2D eigenvalue weighted by Crippen LogP contribution is -2.25. The Balaban J connectivity index is 1.46. The van der Waals surface area contributed by atoms with E-state index in [-0.39, 0.29) is 25.1 Å². The van der Waals surface area contributed by atoms with E-state index in [2.05, 4.69) is 20.5 Å². The van der Waals surface area contributed by atoms with Gasteiger partial charge in [0.2, 0.25) is 0 Å². The Bertz CT molecular complexity index is 1290. The Kier molecular flexibility index (Phi) is 5.85.